The molecule has 1 amide bonds. The van der Waals surface area contributed by atoms with E-state index in [1.165, 1.54) is 6.07 Å². The molecule has 0 saturated carbocycles. The van der Waals surface area contributed by atoms with Gasteiger partial charge >= 0.3 is 0 Å². The van der Waals surface area contributed by atoms with Crippen LogP contribution in [-0.2, 0) is 17.6 Å². The lowest BCUT2D eigenvalue weighted by atomic mass is 9.87. The first-order valence-corrected chi connectivity index (χ1v) is 10.8. The quantitative estimate of drug-likeness (QED) is 0.387. The highest BCUT2D eigenvalue weighted by Gasteiger charge is 2.33. The molecule has 0 N–H and O–H groups in total. The predicted molar refractivity (Wildman–Crippen MR) is 125 cm³/mol. The molecule has 33 heavy (non-hydrogen) atoms. The van der Waals surface area contributed by atoms with Crippen LogP contribution < -0.4 is 9.47 Å². The number of nitro benzene ring substituents is 1. The minimum atomic E-state index is -0.399. The van der Waals surface area contributed by atoms with Gasteiger partial charge in [0.05, 0.1) is 25.2 Å². The lowest BCUT2D eigenvalue weighted by molar-refractivity contribution is -0.385. The molecular weight excluding hydrogens is 420 g/mol. The van der Waals surface area contributed by atoms with Crippen LogP contribution in [0.3, 0.4) is 0 Å². The van der Waals surface area contributed by atoms with Crippen LogP contribution in [0.15, 0.2) is 66.7 Å². The van der Waals surface area contributed by atoms with Gasteiger partial charge < -0.3 is 14.4 Å². The molecule has 0 spiro atoms. The van der Waals surface area contributed by atoms with Crippen molar-refractivity contribution in [3.63, 3.8) is 0 Å². The zero-order chi connectivity index (χ0) is 23.4. The number of aryl methyl sites for hydroxylation is 1. The van der Waals surface area contributed by atoms with E-state index in [1.54, 1.807) is 32.4 Å². The Labute approximate surface area is 192 Å². The van der Waals surface area contributed by atoms with Gasteiger partial charge in [0.1, 0.15) is 0 Å². The number of methoxy groups -OCH3 is 2. The number of para-hydroxylation sites is 1. The number of carbonyl (C=O) groups is 1. The van der Waals surface area contributed by atoms with Crippen LogP contribution in [-0.4, -0.2) is 36.5 Å². The molecule has 0 saturated heterocycles. The fourth-order valence-corrected chi connectivity index (χ4v) is 4.49. The van der Waals surface area contributed by atoms with E-state index in [0.717, 1.165) is 16.7 Å². The molecule has 0 bridgehead atoms. The zero-order valence-corrected chi connectivity index (χ0v) is 18.7. The Morgan fingerprint density at radius 2 is 1.70 bits per heavy atom. The maximum Gasteiger partial charge on any atom is 0.272 e. The van der Waals surface area contributed by atoms with E-state index < -0.39 is 4.92 Å². The van der Waals surface area contributed by atoms with E-state index in [-0.39, 0.29) is 24.1 Å². The van der Waals surface area contributed by atoms with Crippen molar-refractivity contribution in [1.29, 1.82) is 0 Å². The minimum Gasteiger partial charge on any atom is -0.493 e. The maximum atomic E-state index is 13.4. The van der Waals surface area contributed by atoms with Gasteiger partial charge in [-0.2, -0.15) is 0 Å². The summed E-state index contributed by atoms with van der Waals surface area (Å²) in [5.41, 5.74) is 3.74. The summed E-state index contributed by atoms with van der Waals surface area (Å²) in [5.74, 6) is 1.24. The SMILES string of the molecule is COc1cc2c(cc1OC)C(c1ccccc1)N(C(=O)CCc1ccccc1[N+](=O)[O-])CC2. The molecule has 0 radical (unpaired) electrons. The topological polar surface area (TPSA) is 81.9 Å². The maximum absolute atomic E-state index is 13.4. The van der Waals surface area contributed by atoms with Gasteiger partial charge in [-0.3, -0.25) is 14.9 Å². The van der Waals surface area contributed by atoms with E-state index in [4.69, 9.17) is 9.47 Å². The second-order valence-corrected chi connectivity index (χ2v) is 7.94. The van der Waals surface area contributed by atoms with Crippen LogP contribution in [0.25, 0.3) is 0 Å². The molecule has 3 aromatic carbocycles. The summed E-state index contributed by atoms with van der Waals surface area (Å²) >= 11 is 0. The first-order chi connectivity index (χ1) is 16.0. The van der Waals surface area contributed by atoms with E-state index in [1.807, 2.05) is 47.4 Å². The van der Waals surface area contributed by atoms with Crippen LogP contribution in [0, 0.1) is 10.1 Å². The molecule has 0 aromatic heterocycles. The number of nitrogens with zero attached hydrogens (tertiary/aromatic N) is 2. The third kappa shape index (κ3) is 4.53. The molecule has 7 nitrogen and oxygen atoms in total. The Bertz CT molecular complexity index is 1160. The summed E-state index contributed by atoms with van der Waals surface area (Å²) in [6, 6.07) is 20.1. The molecule has 170 valence electrons. The van der Waals surface area contributed by atoms with Crippen molar-refractivity contribution in [1.82, 2.24) is 4.90 Å². The Morgan fingerprint density at radius 1 is 1.03 bits per heavy atom. The summed E-state index contributed by atoms with van der Waals surface area (Å²) in [7, 11) is 3.21. The van der Waals surface area contributed by atoms with E-state index in [9.17, 15) is 14.9 Å². The summed E-state index contributed by atoms with van der Waals surface area (Å²) in [6.45, 7) is 0.553. The van der Waals surface area contributed by atoms with Crippen molar-refractivity contribution in [2.45, 2.75) is 25.3 Å². The van der Waals surface area contributed by atoms with Crippen LogP contribution in [0.4, 0.5) is 5.69 Å². The molecule has 1 heterocycles. The molecule has 7 heteroatoms. The number of benzene rings is 3. The number of rotatable bonds is 7. The Kier molecular flexibility index (Phi) is 6.58. The predicted octanol–water partition coefficient (Wildman–Crippen LogP) is 4.72. The van der Waals surface area contributed by atoms with Crippen molar-refractivity contribution in [3.8, 4) is 11.5 Å². The summed E-state index contributed by atoms with van der Waals surface area (Å²) < 4.78 is 11.0. The average Bonchev–Trinajstić information content (AvgIpc) is 2.86. The van der Waals surface area contributed by atoms with Crippen molar-refractivity contribution in [2.75, 3.05) is 20.8 Å². The Hall–Kier alpha value is -3.87. The van der Waals surface area contributed by atoms with E-state index >= 15 is 0 Å². The van der Waals surface area contributed by atoms with Gasteiger partial charge in [0.25, 0.3) is 5.69 Å². The lowest BCUT2D eigenvalue weighted by Gasteiger charge is -2.38. The van der Waals surface area contributed by atoms with Crippen molar-refractivity contribution >= 4 is 11.6 Å². The average molecular weight is 447 g/mol. The zero-order valence-electron chi connectivity index (χ0n) is 18.7. The molecule has 0 fully saturated rings. The van der Waals surface area contributed by atoms with Gasteiger partial charge in [-0.25, -0.2) is 0 Å². The number of hydrogen-bond acceptors (Lipinski definition) is 5. The van der Waals surface area contributed by atoms with Crippen molar-refractivity contribution in [3.05, 3.63) is 99.1 Å². The normalized spacial score (nSPS) is 15.0. The van der Waals surface area contributed by atoms with Crippen molar-refractivity contribution in [2.24, 2.45) is 0 Å². The highest BCUT2D eigenvalue weighted by atomic mass is 16.6. The number of ether oxygens (including phenoxy) is 2. The molecule has 1 aliphatic heterocycles. The molecular formula is C26H26N2O5. The van der Waals surface area contributed by atoms with Gasteiger partial charge in [-0.05, 0) is 41.7 Å². The number of nitro groups is 1. The molecule has 3 aromatic rings. The fraction of sp³-hybridized carbons (Fsp3) is 0.269. The van der Waals surface area contributed by atoms with Gasteiger partial charge in [0.2, 0.25) is 5.91 Å². The summed E-state index contributed by atoms with van der Waals surface area (Å²) in [6.07, 6.45) is 1.19. The number of amides is 1. The second-order valence-electron chi connectivity index (χ2n) is 7.94. The lowest BCUT2D eigenvalue weighted by Crippen LogP contribution is -2.40. The monoisotopic (exact) mass is 446 g/mol. The second kappa shape index (κ2) is 9.73. The highest BCUT2D eigenvalue weighted by Crippen LogP contribution is 2.41. The number of carbonyl (C=O) groups excluding carboxylic acids is 1. The Balaban J connectivity index is 1.67. The first-order valence-electron chi connectivity index (χ1n) is 10.8. The Morgan fingerprint density at radius 3 is 2.39 bits per heavy atom. The molecule has 1 atom stereocenters. The van der Waals surface area contributed by atoms with Crippen LogP contribution in [0.2, 0.25) is 0 Å². The van der Waals surface area contributed by atoms with Crippen molar-refractivity contribution < 1.29 is 19.2 Å². The molecule has 0 aliphatic carbocycles. The third-order valence-corrected chi connectivity index (χ3v) is 6.11. The largest absolute Gasteiger partial charge is 0.493 e. The highest BCUT2D eigenvalue weighted by molar-refractivity contribution is 5.78. The standard InChI is InChI=1S/C26H26N2O5/c1-32-23-16-20-14-15-27(25(29)13-12-18-8-6-7-11-22(18)28(30)31)26(19-9-4-3-5-10-19)21(20)17-24(23)33-2/h3-11,16-17,26H,12-15H2,1-2H3. The third-order valence-electron chi connectivity index (χ3n) is 6.11. The van der Waals surface area contributed by atoms with Crippen LogP contribution >= 0.6 is 0 Å². The van der Waals surface area contributed by atoms with Crippen LogP contribution in [0.1, 0.15) is 34.7 Å². The smallest absolute Gasteiger partial charge is 0.272 e. The van der Waals surface area contributed by atoms with E-state index in [2.05, 4.69) is 0 Å². The first kappa shape index (κ1) is 22.3. The minimum absolute atomic E-state index is 0.0394. The van der Waals surface area contributed by atoms with Gasteiger partial charge in [0, 0.05) is 24.6 Å². The van der Waals surface area contributed by atoms with E-state index in [0.29, 0.717) is 36.4 Å². The molecule has 4 rings (SSSR count). The number of hydrogen-bond donors (Lipinski definition) is 0. The summed E-state index contributed by atoms with van der Waals surface area (Å²) in [5, 5.41) is 11.3. The van der Waals surface area contributed by atoms with Gasteiger partial charge in [-0.15, -0.1) is 0 Å². The molecule has 1 aliphatic rings. The number of fused-ring (bicyclic) bond motifs is 1. The molecule has 1 unspecified atom stereocenters. The summed E-state index contributed by atoms with van der Waals surface area (Å²) in [4.78, 5) is 26.2. The fourth-order valence-electron chi connectivity index (χ4n) is 4.49. The van der Waals surface area contributed by atoms with Gasteiger partial charge in [0.15, 0.2) is 11.5 Å². The van der Waals surface area contributed by atoms with Crippen LogP contribution in [0.5, 0.6) is 11.5 Å². The van der Waals surface area contributed by atoms with Gasteiger partial charge in [-0.1, -0.05) is 48.5 Å².